The first-order valence-electron chi connectivity index (χ1n) is 11.5. The van der Waals surface area contributed by atoms with E-state index in [9.17, 15) is 19.1 Å². The summed E-state index contributed by atoms with van der Waals surface area (Å²) >= 11 is 6.08. The van der Waals surface area contributed by atoms with Gasteiger partial charge in [-0.15, -0.1) is 0 Å². The predicted octanol–water partition coefficient (Wildman–Crippen LogP) is 7.78. The minimum absolute atomic E-state index is 0.0389. The van der Waals surface area contributed by atoms with Gasteiger partial charge in [0, 0.05) is 28.5 Å². The summed E-state index contributed by atoms with van der Waals surface area (Å²) in [6.45, 7) is 14.8. The third kappa shape index (κ3) is 7.75. The molecule has 0 atom stereocenters. The molecule has 8 nitrogen and oxygen atoms in total. The van der Waals surface area contributed by atoms with Crippen LogP contribution in [0.2, 0.25) is 5.02 Å². The van der Waals surface area contributed by atoms with Crippen molar-refractivity contribution in [2.24, 2.45) is 0 Å². The van der Waals surface area contributed by atoms with Gasteiger partial charge in [-0.25, -0.2) is 19.0 Å². The normalized spacial score (nSPS) is 10.6. The summed E-state index contributed by atoms with van der Waals surface area (Å²) in [6, 6.07) is 7.00. The number of anilines is 3. The number of rotatable bonds is 6. The Kier molecular flexibility index (Phi) is 9.74. The van der Waals surface area contributed by atoms with E-state index in [2.05, 4.69) is 27.2 Å². The molecule has 0 fully saturated rings. The van der Waals surface area contributed by atoms with Crippen molar-refractivity contribution in [3.8, 4) is 11.3 Å². The number of benzene rings is 1. The van der Waals surface area contributed by atoms with Gasteiger partial charge in [-0.2, -0.15) is 0 Å². The second kappa shape index (κ2) is 12.3. The maximum absolute atomic E-state index is 14.7. The van der Waals surface area contributed by atoms with E-state index in [0.717, 1.165) is 0 Å². The SMILES string of the molecule is C=C(C)c1c(Nc2ccncc2C(=O)O)cc(-c2cc(Cl)ccc2F)nc1NC(=O)OC(C)(C)C.CC. The molecular weight excluding hydrogens is 499 g/mol. The minimum atomic E-state index is -1.19. The molecule has 37 heavy (non-hydrogen) atoms. The van der Waals surface area contributed by atoms with Crippen LogP contribution < -0.4 is 10.6 Å². The molecule has 0 aliphatic heterocycles. The highest BCUT2D eigenvalue weighted by atomic mass is 35.5. The molecule has 0 radical (unpaired) electrons. The molecule has 0 aliphatic rings. The number of halogens is 2. The molecule has 196 valence electrons. The zero-order chi connectivity index (χ0) is 27.9. The first-order chi connectivity index (χ1) is 17.4. The monoisotopic (exact) mass is 528 g/mol. The lowest BCUT2D eigenvalue weighted by Crippen LogP contribution is -2.28. The quantitative estimate of drug-likeness (QED) is 0.299. The van der Waals surface area contributed by atoms with Crippen molar-refractivity contribution in [3.05, 3.63) is 71.3 Å². The maximum Gasteiger partial charge on any atom is 0.413 e. The van der Waals surface area contributed by atoms with Crippen molar-refractivity contribution in [2.75, 3.05) is 10.6 Å². The number of ether oxygens (including phenoxy) is 1. The maximum atomic E-state index is 14.7. The number of hydrogen-bond acceptors (Lipinski definition) is 6. The Bertz CT molecular complexity index is 1320. The van der Waals surface area contributed by atoms with E-state index in [4.69, 9.17) is 16.3 Å². The van der Waals surface area contributed by atoms with Crippen LogP contribution in [-0.4, -0.2) is 32.7 Å². The van der Waals surface area contributed by atoms with Crippen LogP contribution in [0.5, 0.6) is 0 Å². The van der Waals surface area contributed by atoms with Gasteiger partial charge in [-0.3, -0.25) is 10.3 Å². The third-order valence-electron chi connectivity index (χ3n) is 4.59. The van der Waals surface area contributed by atoms with Crippen molar-refractivity contribution < 1.29 is 23.8 Å². The number of carboxylic acids is 1. The van der Waals surface area contributed by atoms with Crippen LogP contribution in [0.3, 0.4) is 0 Å². The van der Waals surface area contributed by atoms with E-state index < -0.39 is 23.5 Å². The molecule has 0 bridgehead atoms. The molecule has 3 rings (SSSR count). The number of amides is 1. The van der Waals surface area contributed by atoms with Crippen LogP contribution >= 0.6 is 11.6 Å². The Labute approximate surface area is 220 Å². The molecule has 0 aliphatic carbocycles. The molecule has 1 amide bonds. The van der Waals surface area contributed by atoms with Gasteiger partial charge in [0.2, 0.25) is 0 Å². The van der Waals surface area contributed by atoms with Crippen molar-refractivity contribution in [1.82, 2.24) is 9.97 Å². The van der Waals surface area contributed by atoms with E-state index >= 15 is 0 Å². The molecule has 3 aromatic rings. The molecule has 1 aromatic carbocycles. The standard InChI is InChI=1S/C25H24ClFN4O4.C2H6/c1-13(2)21-20(29-18-8-9-28-12-16(18)23(32)33)11-19(15-10-14(26)6-7-17(15)27)30-22(21)31-24(34)35-25(3,4)5;1-2/h6-12H,1H2,2-5H3,(H,32,33)(H2,28,29,30,31,34);1-2H3. The van der Waals surface area contributed by atoms with Crippen molar-refractivity contribution in [1.29, 1.82) is 0 Å². The first kappa shape index (κ1) is 29.3. The van der Waals surface area contributed by atoms with Crippen LogP contribution in [0, 0.1) is 5.82 Å². The van der Waals surface area contributed by atoms with Crippen LogP contribution in [0.4, 0.5) is 26.4 Å². The average molecular weight is 529 g/mol. The number of hydrogen-bond donors (Lipinski definition) is 3. The number of aromatic nitrogens is 2. The highest BCUT2D eigenvalue weighted by molar-refractivity contribution is 6.30. The van der Waals surface area contributed by atoms with E-state index in [1.165, 1.54) is 42.7 Å². The smallest absolute Gasteiger partial charge is 0.413 e. The lowest BCUT2D eigenvalue weighted by atomic mass is 10.0. The fourth-order valence-corrected chi connectivity index (χ4v) is 3.39. The number of pyridine rings is 2. The van der Waals surface area contributed by atoms with Crippen LogP contribution in [0.25, 0.3) is 16.8 Å². The summed E-state index contributed by atoms with van der Waals surface area (Å²) in [6.07, 6.45) is 1.84. The second-order valence-electron chi connectivity index (χ2n) is 8.66. The van der Waals surface area contributed by atoms with Gasteiger partial charge in [-0.05, 0) is 63.6 Å². The summed E-state index contributed by atoms with van der Waals surface area (Å²) in [5, 5.41) is 15.5. The van der Waals surface area contributed by atoms with Gasteiger partial charge in [-0.1, -0.05) is 32.0 Å². The van der Waals surface area contributed by atoms with Gasteiger partial charge in [0.15, 0.2) is 0 Å². The minimum Gasteiger partial charge on any atom is -0.478 e. The fourth-order valence-electron chi connectivity index (χ4n) is 3.22. The number of carbonyl (C=O) groups is 2. The van der Waals surface area contributed by atoms with Gasteiger partial charge in [0.05, 0.1) is 17.1 Å². The van der Waals surface area contributed by atoms with Crippen molar-refractivity contribution in [2.45, 2.75) is 47.1 Å². The molecule has 0 spiro atoms. The van der Waals surface area contributed by atoms with Crippen molar-refractivity contribution >= 4 is 46.4 Å². The molecule has 2 aromatic heterocycles. The number of aromatic carboxylic acids is 1. The van der Waals surface area contributed by atoms with Gasteiger partial charge in [0.25, 0.3) is 0 Å². The van der Waals surface area contributed by atoms with E-state index in [1.54, 1.807) is 27.7 Å². The van der Waals surface area contributed by atoms with Crippen LogP contribution in [0.1, 0.15) is 57.5 Å². The molecule has 0 saturated carbocycles. The predicted molar refractivity (Wildman–Crippen MR) is 145 cm³/mol. The summed E-state index contributed by atoms with van der Waals surface area (Å²) in [7, 11) is 0. The summed E-state index contributed by atoms with van der Waals surface area (Å²) in [4.78, 5) is 32.6. The number of carbonyl (C=O) groups excluding carboxylic acids is 1. The summed E-state index contributed by atoms with van der Waals surface area (Å²) in [5.74, 6) is -1.74. The lowest BCUT2D eigenvalue weighted by molar-refractivity contribution is 0.0633. The third-order valence-corrected chi connectivity index (χ3v) is 4.83. The number of nitrogens with zero attached hydrogens (tertiary/aromatic N) is 2. The first-order valence-corrected chi connectivity index (χ1v) is 11.8. The summed E-state index contributed by atoms with van der Waals surface area (Å²) in [5.41, 5.74) is 0.755. The highest BCUT2D eigenvalue weighted by Crippen LogP contribution is 2.37. The van der Waals surface area contributed by atoms with Gasteiger partial charge in [0.1, 0.15) is 22.8 Å². The molecule has 0 saturated heterocycles. The number of nitrogens with one attached hydrogen (secondary N) is 2. The Hall–Kier alpha value is -3.98. The van der Waals surface area contributed by atoms with E-state index in [1.807, 2.05) is 13.8 Å². The zero-order valence-electron chi connectivity index (χ0n) is 21.6. The molecule has 0 unspecified atom stereocenters. The van der Waals surface area contributed by atoms with Crippen molar-refractivity contribution in [3.63, 3.8) is 0 Å². The Morgan fingerprint density at radius 2 is 1.81 bits per heavy atom. The molecule has 3 N–H and O–H groups in total. The Morgan fingerprint density at radius 3 is 2.41 bits per heavy atom. The average Bonchev–Trinajstić information content (AvgIpc) is 2.80. The summed E-state index contributed by atoms with van der Waals surface area (Å²) < 4.78 is 20.1. The van der Waals surface area contributed by atoms with E-state index in [-0.39, 0.29) is 33.3 Å². The highest BCUT2D eigenvalue weighted by Gasteiger charge is 2.22. The largest absolute Gasteiger partial charge is 0.478 e. The topological polar surface area (TPSA) is 113 Å². The molecular formula is C27H30ClFN4O4. The Morgan fingerprint density at radius 1 is 1.14 bits per heavy atom. The lowest BCUT2D eigenvalue weighted by Gasteiger charge is -2.22. The molecule has 10 heteroatoms. The second-order valence-corrected chi connectivity index (χ2v) is 9.10. The number of allylic oxidation sites excluding steroid dienone is 1. The van der Waals surface area contributed by atoms with E-state index in [0.29, 0.717) is 16.8 Å². The Balaban J connectivity index is 0.00000235. The number of carboxylic acid groups (broad SMARTS) is 1. The van der Waals surface area contributed by atoms with Gasteiger partial charge >= 0.3 is 12.1 Å². The van der Waals surface area contributed by atoms with Crippen LogP contribution in [-0.2, 0) is 4.74 Å². The molecule has 2 heterocycles. The van der Waals surface area contributed by atoms with Crippen LogP contribution in [0.15, 0.2) is 49.3 Å². The van der Waals surface area contributed by atoms with Gasteiger partial charge < -0.3 is 15.2 Å². The fraction of sp³-hybridized carbons (Fsp3) is 0.259. The zero-order valence-corrected chi connectivity index (χ0v) is 22.3.